The highest BCUT2D eigenvalue weighted by atomic mass is 32.1. The molecule has 3 heteroatoms. The number of hydrogen-bond acceptors (Lipinski definition) is 3. The third-order valence-corrected chi connectivity index (χ3v) is 3.06. The Balaban J connectivity index is 2.55. The zero-order valence-corrected chi connectivity index (χ0v) is 9.21. The smallest absolute Gasteiger partial charge is 0.201 e. The summed E-state index contributed by atoms with van der Waals surface area (Å²) in [6, 6.07) is 7.80. The van der Waals surface area contributed by atoms with Crippen LogP contribution in [0.1, 0.15) is 19.7 Å². The van der Waals surface area contributed by atoms with E-state index in [1.807, 2.05) is 24.3 Å². The van der Waals surface area contributed by atoms with Crippen LogP contribution >= 0.6 is 12.6 Å². The second kappa shape index (κ2) is 3.31. The minimum Gasteiger partial charge on any atom is -0.440 e. The van der Waals surface area contributed by atoms with Crippen LogP contribution in [0.15, 0.2) is 28.7 Å². The number of benzene rings is 1. The molecule has 0 spiro atoms. The number of fused-ring (bicyclic) bond motifs is 1. The van der Waals surface area contributed by atoms with E-state index in [9.17, 15) is 0 Å². The number of nitrogens with zero attached hydrogens (tertiary/aromatic N) is 1. The Morgan fingerprint density at radius 2 is 2.07 bits per heavy atom. The van der Waals surface area contributed by atoms with Crippen molar-refractivity contribution in [3.05, 3.63) is 30.2 Å². The van der Waals surface area contributed by atoms with Crippen molar-refractivity contribution >= 4 is 23.7 Å². The quantitative estimate of drug-likeness (QED) is 0.766. The van der Waals surface area contributed by atoms with Crippen molar-refractivity contribution in [1.82, 2.24) is 4.98 Å². The second-order valence-corrected chi connectivity index (χ2v) is 4.34. The topological polar surface area (TPSA) is 26.0 Å². The van der Waals surface area contributed by atoms with Gasteiger partial charge in [-0.2, -0.15) is 12.6 Å². The van der Waals surface area contributed by atoms with Crippen LogP contribution in [0.3, 0.4) is 0 Å². The van der Waals surface area contributed by atoms with E-state index in [1.165, 1.54) is 0 Å². The van der Waals surface area contributed by atoms with Crippen molar-refractivity contribution in [1.29, 1.82) is 0 Å². The number of thiol groups is 1. The Morgan fingerprint density at radius 1 is 1.36 bits per heavy atom. The number of rotatable bonds is 2. The molecule has 1 aromatic carbocycles. The first-order chi connectivity index (χ1) is 6.63. The van der Waals surface area contributed by atoms with Crippen molar-refractivity contribution in [2.24, 2.45) is 0 Å². The van der Waals surface area contributed by atoms with E-state index in [4.69, 9.17) is 4.42 Å². The summed E-state index contributed by atoms with van der Waals surface area (Å²) in [6.07, 6.45) is 0. The molecule has 0 aliphatic carbocycles. The molecule has 1 heterocycles. The summed E-state index contributed by atoms with van der Waals surface area (Å²) in [6.45, 7) is 4.15. The van der Waals surface area contributed by atoms with Gasteiger partial charge in [0.1, 0.15) is 5.52 Å². The molecule has 0 fully saturated rings. The van der Waals surface area contributed by atoms with E-state index in [-0.39, 0.29) is 5.41 Å². The first-order valence-electron chi connectivity index (χ1n) is 4.60. The normalized spacial score (nSPS) is 12.2. The lowest BCUT2D eigenvalue weighted by Crippen LogP contribution is -2.19. The fourth-order valence-electron chi connectivity index (χ4n) is 1.23. The van der Waals surface area contributed by atoms with Gasteiger partial charge in [0.25, 0.3) is 0 Å². The molecule has 0 unspecified atom stereocenters. The van der Waals surface area contributed by atoms with Crippen LogP contribution in [0.2, 0.25) is 0 Å². The number of hydrogen-bond donors (Lipinski definition) is 1. The fourth-order valence-corrected chi connectivity index (χ4v) is 1.36. The Morgan fingerprint density at radius 3 is 2.71 bits per heavy atom. The summed E-state index contributed by atoms with van der Waals surface area (Å²) in [5, 5.41) is 0. The molecule has 2 aromatic rings. The summed E-state index contributed by atoms with van der Waals surface area (Å²) in [5.41, 5.74) is 1.65. The molecule has 0 atom stereocenters. The molecular weight excluding hydrogens is 194 g/mol. The minimum absolute atomic E-state index is 0.109. The first-order valence-corrected chi connectivity index (χ1v) is 5.24. The van der Waals surface area contributed by atoms with Crippen molar-refractivity contribution < 1.29 is 4.42 Å². The fraction of sp³-hybridized carbons (Fsp3) is 0.364. The number of oxazole rings is 1. The maximum absolute atomic E-state index is 5.66. The predicted octanol–water partition coefficient (Wildman–Crippen LogP) is 3.04. The predicted molar refractivity (Wildman–Crippen MR) is 60.9 cm³/mol. The molecule has 1 aromatic heterocycles. The third kappa shape index (κ3) is 1.52. The molecule has 0 bridgehead atoms. The van der Waals surface area contributed by atoms with Gasteiger partial charge < -0.3 is 4.42 Å². The van der Waals surface area contributed by atoms with Gasteiger partial charge in [0, 0.05) is 5.75 Å². The number of para-hydroxylation sites is 2. The van der Waals surface area contributed by atoms with Crippen LogP contribution < -0.4 is 0 Å². The maximum atomic E-state index is 5.66. The Kier molecular flexibility index (Phi) is 2.27. The Bertz CT molecular complexity index is 414. The van der Waals surface area contributed by atoms with Gasteiger partial charge in [-0.25, -0.2) is 4.98 Å². The molecule has 0 amide bonds. The molecule has 0 aliphatic heterocycles. The average Bonchev–Trinajstić information content (AvgIpc) is 2.61. The van der Waals surface area contributed by atoms with Gasteiger partial charge in [0.2, 0.25) is 5.89 Å². The van der Waals surface area contributed by atoms with E-state index in [1.54, 1.807) is 0 Å². The van der Waals surface area contributed by atoms with Crippen LogP contribution in [0.25, 0.3) is 11.1 Å². The van der Waals surface area contributed by atoms with Crippen LogP contribution in [-0.4, -0.2) is 10.7 Å². The molecular formula is C11H13NOS. The highest BCUT2D eigenvalue weighted by Gasteiger charge is 2.24. The summed E-state index contributed by atoms with van der Waals surface area (Å²) in [4.78, 5) is 4.44. The van der Waals surface area contributed by atoms with Gasteiger partial charge in [-0.1, -0.05) is 26.0 Å². The lowest BCUT2D eigenvalue weighted by molar-refractivity contribution is 0.417. The first kappa shape index (κ1) is 9.59. The zero-order valence-electron chi connectivity index (χ0n) is 8.32. The highest BCUT2D eigenvalue weighted by Crippen LogP contribution is 2.26. The SMILES string of the molecule is CC(C)(CS)c1nc2ccccc2o1. The molecule has 0 N–H and O–H groups in total. The van der Waals surface area contributed by atoms with E-state index in [0.29, 0.717) is 0 Å². The van der Waals surface area contributed by atoms with Gasteiger partial charge >= 0.3 is 0 Å². The van der Waals surface area contributed by atoms with E-state index >= 15 is 0 Å². The maximum Gasteiger partial charge on any atom is 0.201 e. The van der Waals surface area contributed by atoms with Crippen molar-refractivity contribution in [3.8, 4) is 0 Å². The molecule has 2 nitrogen and oxygen atoms in total. The van der Waals surface area contributed by atoms with Gasteiger partial charge in [0.15, 0.2) is 5.58 Å². The van der Waals surface area contributed by atoms with E-state index in [0.717, 1.165) is 22.7 Å². The van der Waals surface area contributed by atoms with Gasteiger partial charge in [-0.3, -0.25) is 0 Å². The lowest BCUT2D eigenvalue weighted by atomic mass is 9.97. The van der Waals surface area contributed by atoms with Gasteiger partial charge in [0.05, 0.1) is 5.41 Å². The van der Waals surface area contributed by atoms with Crippen LogP contribution in [-0.2, 0) is 5.41 Å². The largest absolute Gasteiger partial charge is 0.440 e. The lowest BCUT2D eigenvalue weighted by Gasteiger charge is -2.16. The van der Waals surface area contributed by atoms with Crippen LogP contribution in [0.5, 0.6) is 0 Å². The Labute approximate surface area is 88.7 Å². The van der Waals surface area contributed by atoms with Crippen molar-refractivity contribution in [3.63, 3.8) is 0 Å². The van der Waals surface area contributed by atoms with Crippen LogP contribution in [0, 0.1) is 0 Å². The van der Waals surface area contributed by atoms with E-state index in [2.05, 4.69) is 31.5 Å². The average molecular weight is 207 g/mol. The Hall–Kier alpha value is -0.960. The monoisotopic (exact) mass is 207 g/mol. The van der Waals surface area contributed by atoms with E-state index < -0.39 is 0 Å². The second-order valence-electron chi connectivity index (χ2n) is 4.03. The standard InChI is InChI=1S/C11H13NOS/c1-11(2,7-14)10-12-8-5-3-4-6-9(8)13-10/h3-6,14H,7H2,1-2H3. The molecule has 0 saturated heterocycles. The number of aromatic nitrogens is 1. The molecule has 74 valence electrons. The summed E-state index contributed by atoms with van der Waals surface area (Å²) in [5.74, 6) is 1.48. The van der Waals surface area contributed by atoms with Crippen LogP contribution in [0.4, 0.5) is 0 Å². The van der Waals surface area contributed by atoms with Crippen molar-refractivity contribution in [2.75, 3.05) is 5.75 Å². The van der Waals surface area contributed by atoms with Gasteiger partial charge in [-0.15, -0.1) is 0 Å². The molecule has 0 aliphatic rings. The third-order valence-electron chi connectivity index (χ3n) is 2.27. The van der Waals surface area contributed by atoms with Crippen molar-refractivity contribution in [2.45, 2.75) is 19.3 Å². The zero-order chi connectivity index (χ0) is 10.2. The summed E-state index contributed by atoms with van der Waals surface area (Å²) in [7, 11) is 0. The minimum atomic E-state index is -0.109. The molecule has 2 rings (SSSR count). The molecule has 14 heavy (non-hydrogen) atoms. The highest BCUT2D eigenvalue weighted by molar-refractivity contribution is 7.80. The molecule has 0 saturated carbocycles. The summed E-state index contributed by atoms with van der Waals surface area (Å²) < 4.78 is 5.66. The summed E-state index contributed by atoms with van der Waals surface area (Å²) >= 11 is 4.29. The molecule has 0 radical (unpaired) electrons. The van der Waals surface area contributed by atoms with Gasteiger partial charge in [-0.05, 0) is 12.1 Å².